The number of nitrogens with zero attached hydrogens (tertiary/aromatic N) is 4. The van der Waals surface area contributed by atoms with Crippen LogP contribution in [0.25, 0.3) is 11.0 Å². The van der Waals surface area contributed by atoms with Crippen molar-refractivity contribution in [2.75, 3.05) is 44.9 Å². The largest absolute Gasteiger partial charge is 0.383 e. The van der Waals surface area contributed by atoms with E-state index in [9.17, 15) is 4.79 Å². The monoisotopic (exact) mass is 464 g/mol. The Balaban J connectivity index is 1.71. The lowest BCUT2D eigenvalue weighted by atomic mass is 10.0. The smallest absolute Gasteiger partial charge is 0.247 e. The van der Waals surface area contributed by atoms with Crippen molar-refractivity contribution in [2.24, 2.45) is 0 Å². The minimum absolute atomic E-state index is 0.0416. The van der Waals surface area contributed by atoms with Crippen molar-refractivity contribution in [3.05, 3.63) is 59.4 Å². The second-order valence-corrected chi connectivity index (χ2v) is 9.00. The van der Waals surface area contributed by atoms with Crippen molar-refractivity contribution >= 4 is 22.6 Å². The molecular weight excluding hydrogens is 428 g/mol. The van der Waals surface area contributed by atoms with E-state index in [1.165, 1.54) is 5.56 Å². The maximum absolute atomic E-state index is 14.0. The summed E-state index contributed by atoms with van der Waals surface area (Å²) in [6.45, 7) is 10.9. The van der Waals surface area contributed by atoms with Gasteiger partial charge in [-0.3, -0.25) is 9.69 Å². The number of benzene rings is 2. The van der Waals surface area contributed by atoms with Gasteiger partial charge in [0.05, 0.1) is 49.1 Å². The SMILES string of the molecule is CCc1cccc(C)c1N(C(=O)Cn1c(CN2CCOCC2)nc2ccccc21)C(C)COC. The third-order valence-corrected chi connectivity index (χ3v) is 6.56. The molecule has 182 valence electrons. The maximum Gasteiger partial charge on any atom is 0.247 e. The van der Waals surface area contributed by atoms with E-state index in [0.29, 0.717) is 13.2 Å². The van der Waals surface area contributed by atoms with Crippen LogP contribution in [0, 0.1) is 6.92 Å². The van der Waals surface area contributed by atoms with Gasteiger partial charge in [0.1, 0.15) is 12.4 Å². The van der Waals surface area contributed by atoms with Gasteiger partial charge in [-0.15, -0.1) is 0 Å². The highest BCUT2D eigenvalue weighted by Crippen LogP contribution is 2.29. The number of imidazole rings is 1. The molecule has 3 aromatic rings. The van der Waals surface area contributed by atoms with Crippen molar-refractivity contribution in [3.63, 3.8) is 0 Å². The summed E-state index contributed by atoms with van der Waals surface area (Å²) in [6, 6.07) is 14.2. The van der Waals surface area contributed by atoms with Crippen molar-refractivity contribution in [1.82, 2.24) is 14.5 Å². The third-order valence-electron chi connectivity index (χ3n) is 6.56. The average molecular weight is 465 g/mol. The molecule has 7 heteroatoms. The fraction of sp³-hybridized carbons (Fsp3) is 0.481. The first-order chi connectivity index (χ1) is 16.5. The fourth-order valence-electron chi connectivity index (χ4n) is 4.85. The topological polar surface area (TPSA) is 59.8 Å². The zero-order valence-electron chi connectivity index (χ0n) is 20.8. The van der Waals surface area contributed by atoms with Crippen LogP contribution in [-0.2, 0) is 33.8 Å². The molecule has 1 amide bonds. The second-order valence-electron chi connectivity index (χ2n) is 9.00. The van der Waals surface area contributed by atoms with Gasteiger partial charge in [-0.1, -0.05) is 37.3 Å². The Morgan fingerprint density at radius 1 is 1.18 bits per heavy atom. The number of methoxy groups -OCH3 is 1. The first-order valence-electron chi connectivity index (χ1n) is 12.2. The summed E-state index contributed by atoms with van der Waals surface area (Å²) in [5, 5.41) is 0. The lowest BCUT2D eigenvalue weighted by Crippen LogP contribution is -2.44. The molecule has 0 bridgehead atoms. The number of anilines is 1. The maximum atomic E-state index is 14.0. The number of amides is 1. The summed E-state index contributed by atoms with van der Waals surface area (Å²) in [6.07, 6.45) is 0.858. The highest BCUT2D eigenvalue weighted by Gasteiger charge is 2.27. The predicted octanol–water partition coefficient (Wildman–Crippen LogP) is 3.81. The summed E-state index contributed by atoms with van der Waals surface area (Å²) in [7, 11) is 1.68. The molecule has 0 aliphatic carbocycles. The minimum Gasteiger partial charge on any atom is -0.383 e. The van der Waals surface area contributed by atoms with Crippen molar-refractivity contribution in [3.8, 4) is 0 Å². The Labute approximate surface area is 202 Å². The number of carbonyl (C=O) groups excluding carboxylic acids is 1. The lowest BCUT2D eigenvalue weighted by molar-refractivity contribution is -0.119. The quantitative estimate of drug-likeness (QED) is 0.482. The van der Waals surface area contributed by atoms with Gasteiger partial charge in [0.2, 0.25) is 5.91 Å². The van der Waals surface area contributed by atoms with Gasteiger partial charge in [0, 0.05) is 20.2 Å². The van der Waals surface area contributed by atoms with Crippen LogP contribution in [0.15, 0.2) is 42.5 Å². The van der Waals surface area contributed by atoms with Crippen molar-refractivity contribution < 1.29 is 14.3 Å². The van der Waals surface area contributed by atoms with E-state index in [0.717, 1.165) is 60.8 Å². The van der Waals surface area contributed by atoms with Crippen LogP contribution in [0.1, 0.15) is 30.8 Å². The van der Waals surface area contributed by atoms with Gasteiger partial charge in [0.15, 0.2) is 0 Å². The molecule has 1 aliphatic rings. The molecule has 4 rings (SSSR count). The first-order valence-corrected chi connectivity index (χ1v) is 12.2. The number of hydrogen-bond acceptors (Lipinski definition) is 5. The van der Waals surface area contributed by atoms with Crippen molar-refractivity contribution in [2.45, 2.75) is 46.3 Å². The van der Waals surface area contributed by atoms with Crippen LogP contribution in [0.5, 0.6) is 0 Å². The van der Waals surface area contributed by atoms with Gasteiger partial charge in [-0.2, -0.15) is 0 Å². The number of para-hydroxylation sites is 3. The Kier molecular flexibility index (Phi) is 7.98. The molecule has 7 nitrogen and oxygen atoms in total. The standard InChI is InChI=1S/C27H36N4O3/c1-5-22-10-8-9-20(2)27(22)31(21(3)19-33-4)26(32)18-30-24-12-7-6-11-23(24)28-25(30)17-29-13-15-34-16-14-29/h6-12,21H,5,13-19H2,1-4H3. The fourth-order valence-corrected chi connectivity index (χ4v) is 4.85. The Morgan fingerprint density at radius 3 is 2.68 bits per heavy atom. The zero-order valence-corrected chi connectivity index (χ0v) is 20.8. The highest BCUT2D eigenvalue weighted by atomic mass is 16.5. The van der Waals surface area contributed by atoms with Gasteiger partial charge in [0.25, 0.3) is 0 Å². The van der Waals surface area contributed by atoms with E-state index in [-0.39, 0.29) is 18.5 Å². The van der Waals surface area contributed by atoms with Crippen LogP contribution in [0.4, 0.5) is 5.69 Å². The van der Waals surface area contributed by atoms with E-state index in [4.69, 9.17) is 14.5 Å². The van der Waals surface area contributed by atoms with E-state index in [2.05, 4.69) is 41.5 Å². The molecule has 2 aromatic carbocycles. The molecule has 1 unspecified atom stereocenters. The van der Waals surface area contributed by atoms with Crippen LogP contribution < -0.4 is 4.90 Å². The third kappa shape index (κ3) is 5.17. The van der Waals surface area contributed by atoms with Gasteiger partial charge >= 0.3 is 0 Å². The summed E-state index contributed by atoms with van der Waals surface area (Å²) >= 11 is 0. The van der Waals surface area contributed by atoms with Gasteiger partial charge < -0.3 is 18.9 Å². The van der Waals surface area contributed by atoms with E-state index >= 15 is 0 Å². The molecule has 1 saturated heterocycles. The predicted molar refractivity (Wildman–Crippen MR) is 135 cm³/mol. The molecule has 0 spiro atoms. The number of aromatic nitrogens is 2. The molecule has 0 saturated carbocycles. The molecule has 1 atom stereocenters. The number of hydrogen-bond donors (Lipinski definition) is 0. The van der Waals surface area contributed by atoms with Gasteiger partial charge in [-0.25, -0.2) is 4.98 Å². The molecule has 2 heterocycles. The highest BCUT2D eigenvalue weighted by molar-refractivity contribution is 5.96. The number of carbonyl (C=O) groups is 1. The Bertz CT molecular complexity index is 1120. The van der Waals surface area contributed by atoms with Crippen LogP contribution in [0.3, 0.4) is 0 Å². The second kappa shape index (κ2) is 11.1. The number of aryl methyl sites for hydroxylation is 2. The van der Waals surface area contributed by atoms with Crippen LogP contribution in [-0.4, -0.2) is 66.4 Å². The summed E-state index contributed by atoms with van der Waals surface area (Å²) < 4.78 is 13.1. The Morgan fingerprint density at radius 2 is 1.94 bits per heavy atom. The molecule has 1 aliphatic heterocycles. The number of morpholine rings is 1. The molecule has 1 fully saturated rings. The zero-order chi connectivity index (χ0) is 24.1. The molecular formula is C27H36N4O3. The van der Waals surface area contributed by atoms with Crippen LogP contribution in [0.2, 0.25) is 0 Å². The van der Waals surface area contributed by atoms with Crippen molar-refractivity contribution in [1.29, 1.82) is 0 Å². The molecule has 34 heavy (non-hydrogen) atoms. The van der Waals surface area contributed by atoms with E-state index in [1.807, 2.05) is 36.1 Å². The summed E-state index contributed by atoms with van der Waals surface area (Å²) in [5.74, 6) is 0.955. The minimum atomic E-state index is -0.0959. The number of rotatable bonds is 9. The normalized spacial score (nSPS) is 15.5. The van der Waals surface area contributed by atoms with Crippen LogP contribution >= 0.6 is 0 Å². The lowest BCUT2D eigenvalue weighted by Gasteiger charge is -2.32. The molecule has 0 N–H and O–H groups in total. The first kappa shape index (κ1) is 24.4. The van der Waals surface area contributed by atoms with E-state index in [1.54, 1.807) is 7.11 Å². The van der Waals surface area contributed by atoms with E-state index < -0.39 is 0 Å². The number of fused-ring (bicyclic) bond motifs is 1. The summed E-state index contributed by atoms with van der Waals surface area (Å²) in [4.78, 5) is 23.2. The molecule has 1 aromatic heterocycles. The van der Waals surface area contributed by atoms with Gasteiger partial charge in [-0.05, 0) is 43.5 Å². The molecule has 0 radical (unpaired) electrons. The Hall–Kier alpha value is -2.74. The summed E-state index contributed by atoms with van der Waals surface area (Å²) in [5.41, 5.74) is 5.16. The number of ether oxygens (including phenoxy) is 2. The average Bonchev–Trinajstić information content (AvgIpc) is 3.18.